The molecule has 0 bridgehead atoms. The molecule has 2 rings (SSSR count). The fourth-order valence-electron chi connectivity index (χ4n) is 3.52. The molecule has 2 aromatic carbocycles. The fraction of sp³-hybridized carbons (Fsp3) is 0.458. The lowest BCUT2D eigenvalue weighted by molar-refractivity contribution is -0.441. The van der Waals surface area contributed by atoms with Gasteiger partial charge in [0.15, 0.2) is 0 Å². The second kappa shape index (κ2) is 11.4. The zero-order valence-corrected chi connectivity index (χ0v) is 20.1. The van der Waals surface area contributed by atoms with Gasteiger partial charge in [0.1, 0.15) is 12.1 Å². The van der Waals surface area contributed by atoms with Crippen LogP contribution in [0.3, 0.4) is 0 Å². The van der Waals surface area contributed by atoms with Crippen LogP contribution in [0.5, 0.6) is 0 Å². The summed E-state index contributed by atoms with van der Waals surface area (Å²) in [6.45, 7) is 0.879. The molecule has 2 atom stereocenters. The second-order valence-electron chi connectivity index (χ2n) is 8.42. The molecule has 3 nitrogen and oxygen atoms in total. The standard InChI is InChI=1S/C24H20F13NO2/c1-2-40-18(39)16(13-14-9-5-3-6-10-14)38-17(15-11-7-4-8-12-15)19(25,26)20(27,28)21(29,30)22(31,32)23(33,34)24(35,36)37/h3-12,16-17,38H,2,13H2,1H3/t16-,17+/m0/s1. The lowest BCUT2D eigenvalue weighted by atomic mass is 9.87. The van der Waals surface area contributed by atoms with Crippen molar-refractivity contribution < 1.29 is 66.6 Å². The van der Waals surface area contributed by atoms with Gasteiger partial charge in [0, 0.05) is 0 Å². The van der Waals surface area contributed by atoms with Gasteiger partial charge >= 0.3 is 41.8 Å². The number of halogens is 13. The number of hydrogen-bond acceptors (Lipinski definition) is 3. The van der Waals surface area contributed by atoms with Crippen molar-refractivity contribution in [1.82, 2.24) is 5.32 Å². The van der Waals surface area contributed by atoms with Crippen molar-refractivity contribution in [2.45, 2.75) is 61.2 Å². The van der Waals surface area contributed by atoms with Gasteiger partial charge in [-0.1, -0.05) is 60.7 Å². The van der Waals surface area contributed by atoms with E-state index in [0.29, 0.717) is 12.1 Å². The summed E-state index contributed by atoms with van der Waals surface area (Å²) in [4.78, 5) is 12.5. The van der Waals surface area contributed by atoms with E-state index in [1.54, 1.807) is 5.32 Å². The molecule has 0 aromatic heterocycles. The Balaban J connectivity index is 2.68. The molecule has 1 N–H and O–H groups in total. The molecule has 224 valence electrons. The maximum Gasteiger partial charge on any atom is 0.460 e. The highest BCUT2D eigenvalue weighted by molar-refractivity contribution is 5.76. The first kappa shape index (κ1) is 33.2. The molecule has 2 aromatic rings. The van der Waals surface area contributed by atoms with E-state index in [2.05, 4.69) is 4.74 Å². The summed E-state index contributed by atoms with van der Waals surface area (Å²) in [5.74, 6) is -39.3. The van der Waals surface area contributed by atoms with Gasteiger partial charge in [-0.3, -0.25) is 10.1 Å². The normalized spacial score (nSPS) is 15.4. The van der Waals surface area contributed by atoms with Gasteiger partial charge in [0.2, 0.25) is 0 Å². The van der Waals surface area contributed by atoms with E-state index >= 15 is 8.78 Å². The molecule has 0 radical (unpaired) electrons. The minimum Gasteiger partial charge on any atom is -0.465 e. The molecule has 0 amide bonds. The SMILES string of the molecule is CCOC(=O)[C@H](Cc1ccccc1)N[C@H](c1ccccc1)C(F)(F)C(F)(F)C(F)(F)C(F)(F)C(F)(F)C(F)(F)F. The number of alkyl halides is 13. The zero-order chi connectivity index (χ0) is 30.8. The molecule has 0 unspecified atom stereocenters. The summed E-state index contributed by atoms with van der Waals surface area (Å²) in [6, 6.07) is 5.66. The number of rotatable bonds is 12. The van der Waals surface area contributed by atoms with Crippen molar-refractivity contribution in [2.75, 3.05) is 6.61 Å². The van der Waals surface area contributed by atoms with Crippen LogP contribution < -0.4 is 5.32 Å². The largest absolute Gasteiger partial charge is 0.465 e. The van der Waals surface area contributed by atoms with Crippen molar-refractivity contribution in [3.05, 3.63) is 71.8 Å². The highest BCUT2D eigenvalue weighted by Gasteiger charge is 2.91. The minimum atomic E-state index is -8.04. The van der Waals surface area contributed by atoms with Gasteiger partial charge in [0.05, 0.1) is 6.61 Å². The Kier molecular flexibility index (Phi) is 9.49. The van der Waals surface area contributed by atoms with Crippen LogP contribution in [0.1, 0.15) is 24.1 Å². The van der Waals surface area contributed by atoms with Crippen LogP contribution >= 0.6 is 0 Å². The highest BCUT2D eigenvalue weighted by atomic mass is 19.4. The van der Waals surface area contributed by atoms with Gasteiger partial charge in [0.25, 0.3) is 0 Å². The van der Waals surface area contributed by atoms with Crippen molar-refractivity contribution in [1.29, 1.82) is 0 Å². The third-order valence-electron chi connectivity index (χ3n) is 5.67. The molecular formula is C24H20F13NO2. The molecule has 0 heterocycles. The maximum absolute atomic E-state index is 15.3. The van der Waals surface area contributed by atoms with Gasteiger partial charge in [-0.05, 0) is 24.5 Å². The van der Waals surface area contributed by atoms with Crippen LogP contribution in [-0.4, -0.2) is 54.4 Å². The van der Waals surface area contributed by atoms with Crippen LogP contribution in [-0.2, 0) is 16.0 Å². The Morgan fingerprint density at radius 2 is 1.15 bits per heavy atom. The number of ether oxygens (including phenoxy) is 1. The van der Waals surface area contributed by atoms with E-state index in [-0.39, 0.29) is 12.2 Å². The number of benzene rings is 2. The first-order valence-electron chi connectivity index (χ1n) is 11.1. The van der Waals surface area contributed by atoms with E-state index in [0.717, 1.165) is 18.2 Å². The molecule has 0 saturated heterocycles. The summed E-state index contributed by atoms with van der Waals surface area (Å²) in [7, 11) is 0. The predicted molar refractivity (Wildman–Crippen MR) is 114 cm³/mol. The molecular weight excluding hydrogens is 581 g/mol. The van der Waals surface area contributed by atoms with Gasteiger partial charge in [-0.15, -0.1) is 0 Å². The van der Waals surface area contributed by atoms with Crippen molar-refractivity contribution in [3.63, 3.8) is 0 Å². The lowest BCUT2D eigenvalue weighted by Crippen LogP contribution is -2.71. The number of carbonyl (C=O) groups excluding carboxylic acids is 1. The third-order valence-corrected chi connectivity index (χ3v) is 5.67. The second-order valence-corrected chi connectivity index (χ2v) is 8.42. The summed E-state index contributed by atoms with van der Waals surface area (Å²) >= 11 is 0. The van der Waals surface area contributed by atoms with Crippen molar-refractivity contribution >= 4 is 5.97 Å². The summed E-state index contributed by atoms with van der Waals surface area (Å²) in [6.07, 6.45) is -8.13. The quantitative estimate of drug-likeness (QED) is 0.206. The van der Waals surface area contributed by atoms with Crippen LogP contribution in [0.15, 0.2) is 60.7 Å². The number of carbonyl (C=O) groups is 1. The van der Waals surface area contributed by atoms with Crippen LogP contribution in [0.4, 0.5) is 57.1 Å². The molecule has 0 fully saturated rings. The first-order chi connectivity index (χ1) is 18.2. The average molecular weight is 601 g/mol. The van der Waals surface area contributed by atoms with Crippen molar-refractivity contribution in [3.8, 4) is 0 Å². The number of esters is 1. The van der Waals surface area contributed by atoms with E-state index in [1.807, 2.05) is 0 Å². The van der Waals surface area contributed by atoms with Crippen LogP contribution in [0.2, 0.25) is 0 Å². The van der Waals surface area contributed by atoms with Gasteiger partial charge < -0.3 is 4.74 Å². The molecule has 0 saturated carbocycles. The number of nitrogens with one attached hydrogen (secondary N) is 1. The van der Waals surface area contributed by atoms with Gasteiger partial charge in [-0.25, -0.2) is 0 Å². The topological polar surface area (TPSA) is 38.3 Å². The molecule has 0 aliphatic rings. The van der Waals surface area contributed by atoms with E-state index in [9.17, 15) is 53.1 Å². The van der Waals surface area contributed by atoms with E-state index < -0.39 is 65.8 Å². The van der Waals surface area contributed by atoms with E-state index in [1.165, 1.54) is 37.3 Å². The fourth-order valence-corrected chi connectivity index (χ4v) is 3.52. The van der Waals surface area contributed by atoms with Crippen LogP contribution in [0, 0.1) is 0 Å². The number of hydrogen-bond donors (Lipinski definition) is 1. The monoisotopic (exact) mass is 601 g/mol. The molecule has 0 spiro atoms. The highest BCUT2D eigenvalue weighted by Crippen LogP contribution is 2.61. The van der Waals surface area contributed by atoms with Crippen molar-refractivity contribution in [2.24, 2.45) is 0 Å². The maximum atomic E-state index is 15.3. The zero-order valence-electron chi connectivity index (χ0n) is 20.1. The average Bonchev–Trinajstić information content (AvgIpc) is 2.86. The Bertz CT molecular complexity index is 1120. The summed E-state index contributed by atoms with van der Waals surface area (Å²) < 4.78 is 185. The minimum absolute atomic E-state index is 0.191. The lowest BCUT2D eigenvalue weighted by Gasteiger charge is -2.42. The summed E-state index contributed by atoms with van der Waals surface area (Å²) in [5, 5.41) is 1.65. The molecule has 0 aliphatic carbocycles. The molecule has 0 aliphatic heterocycles. The third kappa shape index (κ3) is 5.86. The Morgan fingerprint density at radius 3 is 1.60 bits per heavy atom. The molecule has 16 heteroatoms. The Hall–Kier alpha value is -3.04. The predicted octanol–water partition coefficient (Wildman–Crippen LogP) is 7.23. The van der Waals surface area contributed by atoms with Gasteiger partial charge in [-0.2, -0.15) is 57.1 Å². The smallest absolute Gasteiger partial charge is 0.460 e. The molecule has 40 heavy (non-hydrogen) atoms. The Labute approximate surface area is 218 Å². The summed E-state index contributed by atoms with van der Waals surface area (Å²) in [5.41, 5.74) is -0.840. The first-order valence-corrected chi connectivity index (χ1v) is 11.1. The Morgan fingerprint density at radius 1 is 0.700 bits per heavy atom. The van der Waals surface area contributed by atoms with Crippen LogP contribution in [0.25, 0.3) is 0 Å². The van der Waals surface area contributed by atoms with E-state index in [4.69, 9.17) is 0 Å².